The molecule has 3 rings (SSSR count). The van der Waals surface area contributed by atoms with Crippen LogP contribution in [-0.4, -0.2) is 51.1 Å². The van der Waals surface area contributed by atoms with Crippen LogP contribution in [0.2, 0.25) is 0 Å². The first-order chi connectivity index (χ1) is 13.3. The van der Waals surface area contributed by atoms with Gasteiger partial charge in [0.05, 0.1) is 18.6 Å². The molecule has 10 heteroatoms. The lowest BCUT2D eigenvalue weighted by Gasteiger charge is -2.20. The lowest BCUT2D eigenvalue weighted by molar-refractivity contribution is -0.117. The number of aromatic nitrogens is 3. The zero-order valence-electron chi connectivity index (χ0n) is 16.4. The van der Waals surface area contributed by atoms with Crippen LogP contribution in [0.25, 0.3) is 0 Å². The molecule has 28 heavy (non-hydrogen) atoms. The molecule has 0 saturated carbocycles. The molecular weight excluding hydrogens is 380 g/mol. The van der Waals surface area contributed by atoms with E-state index >= 15 is 0 Å². The second-order valence-corrected chi connectivity index (χ2v) is 8.63. The van der Waals surface area contributed by atoms with Crippen molar-refractivity contribution in [2.24, 2.45) is 0 Å². The number of hydrogen-bond acceptors (Lipinski definition) is 7. The van der Waals surface area contributed by atoms with Crippen LogP contribution in [0.15, 0.2) is 28.0 Å². The van der Waals surface area contributed by atoms with E-state index < -0.39 is 11.6 Å². The largest absolute Gasteiger partial charge is 0.467 e. The Labute approximate surface area is 168 Å². The summed E-state index contributed by atoms with van der Waals surface area (Å²) in [6.07, 6.45) is 3.88. The predicted octanol–water partition coefficient (Wildman–Crippen LogP) is 2.24. The van der Waals surface area contributed by atoms with Gasteiger partial charge in [0.15, 0.2) is 5.16 Å². The van der Waals surface area contributed by atoms with E-state index in [1.165, 1.54) is 11.8 Å². The van der Waals surface area contributed by atoms with Crippen molar-refractivity contribution in [2.75, 3.05) is 23.7 Å². The molecule has 0 atom stereocenters. The van der Waals surface area contributed by atoms with Crippen LogP contribution in [0.5, 0.6) is 0 Å². The molecule has 2 aromatic rings. The Balaban J connectivity index is 1.65. The highest BCUT2D eigenvalue weighted by atomic mass is 32.2. The Hall–Kier alpha value is -2.49. The molecule has 1 aliphatic heterocycles. The van der Waals surface area contributed by atoms with E-state index in [0.29, 0.717) is 11.7 Å². The van der Waals surface area contributed by atoms with Crippen LogP contribution in [0, 0.1) is 0 Å². The van der Waals surface area contributed by atoms with Crippen LogP contribution in [0.3, 0.4) is 0 Å². The molecule has 0 aliphatic carbocycles. The second kappa shape index (κ2) is 8.68. The maximum absolute atomic E-state index is 12.1. The van der Waals surface area contributed by atoms with E-state index in [9.17, 15) is 9.59 Å². The first-order valence-corrected chi connectivity index (χ1v) is 10.3. The number of nitrogens with zero attached hydrogens (tertiary/aromatic N) is 4. The number of thioether (sulfide) groups is 1. The Morgan fingerprint density at radius 2 is 2.00 bits per heavy atom. The summed E-state index contributed by atoms with van der Waals surface area (Å²) in [5, 5.41) is 14.2. The van der Waals surface area contributed by atoms with E-state index in [-0.39, 0.29) is 11.7 Å². The van der Waals surface area contributed by atoms with E-state index in [1.807, 2.05) is 37.5 Å². The molecule has 1 aliphatic rings. The fourth-order valence-electron chi connectivity index (χ4n) is 2.90. The molecule has 1 saturated heterocycles. The summed E-state index contributed by atoms with van der Waals surface area (Å²) in [7, 11) is 0. The minimum Gasteiger partial charge on any atom is -0.467 e. The summed E-state index contributed by atoms with van der Waals surface area (Å²) in [5.74, 6) is 1.24. The fourth-order valence-corrected chi connectivity index (χ4v) is 3.63. The van der Waals surface area contributed by atoms with E-state index in [1.54, 1.807) is 6.26 Å². The summed E-state index contributed by atoms with van der Waals surface area (Å²) < 4.78 is 7.42. The van der Waals surface area contributed by atoms with Gasteiger partial charge < -0.3 is 14.6 Å². The van der Waals surface area contributed by atoms with Crippen molar-refractivity contribution in [1.82, 2.24) is 25.4 Å². The van der Waals surface area contributed by atoms with Crippen LogP contribution in [0.1, 0.15) is 39.4 Å². The molecule has 0 spiro atoms. The molecule has 0 bridgehead atoms. The minimum absolute atomic E-state index is 0.0633. The van der Waals surface area contributed by atoms with Crippen molar-refractivity contribution in [2.45, 2.75) is 50.9 Å². The highest BCUT2D eigenvalue weighted by molar-refractivity contribution is 7.99. The van der Waals surface area contributed by atoms with E-state index in [0.717, 1.165) is 37.6 Å². The van der Waals surface area contributed by atoms with Crippen molar-refractivity contribution in [3.05, 3.63) is 24.2 Å². The summed E-state index contributed by atoms with van der Waals surface area (Å²) in [5.41, 5.74) is -0.411. The van der Waals surface area contributed by atoms with Crippen LogP contribution >= 0.6 is 11.8 Å². The second-order valence-electron chi connectivity index (χ2n) is 7.68. The molecule has 9 nitrogen and oxygen atoms in total. The summed E-state index contributed by atoms with van der Waals surface area (Å²) in [6.45, 7) is 7.91. The average Bonchev–Trinajstić information content (AvgIpc) is 3.33. The summed E-state index contributed by atoms with van der Waals surface area (Å²) in [4.78, 5) is 26.1. The van der Waals surface area contributed by atoms with Gasteiger partial charge in [-0.3, -0.25) is 14.7 Å². The predicted molar refractivity (Wildman–Crippen MR) is 106 cm³/mol. The van der Waals surface area contributed by atoms with E-state index in [4.69, 9.17) is 4.42 Å². The number of furan rings is 1. The Morgan fingerprint density at radius 1 is 1.25 bits per heavy atom. The van der Waals surface area contributed by atoms with Crippen molar-refractivity contribution in [3.8, 4) is 0 Å². The molecular formula is C18H26N6O3S. The van der Waals surface area contributed by atoms with Gasteiger partial charge in [-0.1, -0.05) is 11.8 Å². The zero-order valence-corrected chi connectivity index (χ0v) is 17.2. The molecule has 0 aromatic carbocycles. The maximum atomic E-state index is 12.1. The van der Waals surface area contributed by atoms with Gasteiger partial charge in [-0.15, -0.1) is 10.2 Å². The van der Waals surface area contributed by atoms with Crippen molar-refractivity contribution >= 4 is 29.6 Å². The van der Waals surface area contributed by atoms with Gasteiger partial charge in [-0.25, -0.2) is 4.79 Å². The third-order valence-electron chi connectivity index (χ3n) is 4.05. The highest BCUT2D eigenvalue weighted by Crippen LogP contribution is 2.25. The number of urea groups is 1. The smallest absolute Gasteiger partial charge is 0.321 e. The minimum atomic E-state index is -0.507. The van der Waals surface area contributed by atoms with Gasteiger partial charge >= 0.3 is 6.03 Å². The molecule has 2 aromatic heterocycles. The van der Waals surface area contributed by atoms with E-state index in [2.05, 4.69) is 25.7 Å². The fraction of sp³-hybridized carbons (Fsp3) is 0.556. The van der Waals surface area contributed by atoms with Crippen LogP contribution < -0.4 is 15.5 Å². The first kappa shape index (κ1) is 20.2. The van der Waals surface area contributed by atoms with Gasteiger partial charge in [0.25, 0.3) is 0 Å². The monoisotopic (exact) mass is 406 g/mol. The molecule has 152 valence electrons. The van der Waals surface area contributed by atoms with Crippen molar-refractivity contribution < 1.29 is 14.0 Å². The molecule has 3 heterocycles. The zero-order chi connectivity index (χ0) is 20.1. The van der Waals surface area contributed by atoms with Crippen molar-refractivity contribution in [3.63, 3.8) is 0 Å². The topological polar surface area (TPSA) is 105 Å². The third-order valence-corrected chi connectivity index (χ3v) is 5.02. The standard InChI is InChI=1S/C18H26N6O3S/c1-18(2,3)20-15(26)19-14(25)12-28-17-22-21-16(23-8-4-5-9-23)24(17)11-13-7-6-10-27-13/h6-7,10H,4-5,8-9,11-12H2,1-3H3,(H2,19,20,25,26). The third kappa shape index (κ3) is 5.51. The average molecular weight is 407 g/mol. The lowest BCUT2D eigenvalue weighted by Crippen LogP contribution is -2.48. The highest BCUT2D eigenvalue weighted by Gasteiger charge is 2.23. The molecule has 1 fully saturated rings. The lowest BCUT2D eigenvalue weighted by atomic mass is 10.1. The number of nitrogens with one attached hydrogen (secondary N) is 2. The van der Waals surface area contributed by atoms with Gasteiger partial charge in [-0.05, 0) is 45.7 Å². The van der Waals surface area contributed by atoms with Gasteiger partial charge in [-0.2, -0.15) is 0 Å². The quantitative estimate of drug-likeness (QED) is 0.709. The SMILES string of the molecule is CC(C)(C)NC(=O)NC(=O)CSc1nnc(N2CCCC2)n1Cc1ccco1. The van der Waals surface area contributed by atoms with Crippen LogP contribution in [0.4, 0.5) is 10.7 Å². The van der Waals surface area contributed by atoms with Crippen molar-refractivity contribution in [1.29, 1.82) is 0 Å². The van der Waals surface area contributed by atoms with Gasteiger partial charge in [0.2, 0.25) is 11.9 Å². The number of imide groups is 1. The molecule has 3 amide bonds. The number of rotatable bonds is 6. The van der Waals surface area contributed by atoms with Gasteiger partial charge in [0.1, 0.15) is 5.76 Å². The Morgan fingerprint density at radius 3 is 2.64 bits per heavy atom. The Kier molecular flexibility index (Phi) is 6.28. The number of amides is 3. The number of carbonyl (C=O) groups excluding carboxylic acids is 2. The summed E-state index contributed by atoms with van der Waals surface area (Å²) in [6, 6.07) is 3.22. The molecule has 0 radical (unpaired) electrons. The van der Waals surface area contributed by atoms with Crippen LogP contribution in [-0.2, 0) is 11.3 Å². The number of anilines is 1. The number of hydrogen-bond donors (Lipinski definition) is 2. The molecule has 2 N–H and O–H groups in total. The normalized spacial score (nSPS) is 14.3. The maximum Gasteiger partial charge on any atom is 0.321 e. The molecule has 0 unspecified atom stereocenters. The summed E-state index contributed by atoms with van der Waals surface area (Å²) >= 11 is 1.25. The Bertz CT molecular complexity index is 806. The first-order valence-electron chi connectivity index (χ1n) is 9.27. The number of carbonyl (C=O) groups is 2. The van der Waals surface area contributed by atoms with Gasteiger partial charge in [0, 0.05) is 18.6 Å².